The molecular weight excluding hydrogens is 378 g/mol. The molecule has 0 atom stereocenters. The molecule has 1 aromatic carbocycles. The van der Waals surface area contributed by atoms with Gasteiger partial charge in [-0.05, 0) is 50.2 Å². The molecule has 7 nitrogen and oxygen atoms in total. The molecule has 0 spiro atoms. The van der Waals surface area contributed by atoms with Crippen LogP contribution in [0.25, 0.3) is 5.69 Å². The number of aromatic carboxylic acids is 1. The van der Waals surface area contributed by atoms with Crippen LogP contribution >= 0.6 is 15.9 Å². The first-order valence-corrected chi connectivity index (χ1v) is 8.36. The van der Waals surface area contributed by atoms with Gasteiger partial charge in [0.2, 0.25) is 0 Å². The molecule has 1 aliphatic heterocycles. The zero-order valence-corrected chi connectivity index (χ0v) is 14.4. The number of hydrogen-bond donors (Lipinski definition) is 2. The van der Waals surface area contributed by atoms with Crippen LogP contribution in [0, 0.1) is 0 Å². The van der Waals surface area contributed by atoms with Gasteiger partial charge >= 0.3 is 11.7 Å². The van der Waals surface area contributed by atoms with Gasteiger partial charge in [-0.3, -0.25) is 9.69 Å². The average Bonchev–Trinajstić information content (AvgIpc) is 3.04. The Labute approximate surface area is 145 Å². The first kappa shape index (κ1) is 16.7. The van der Waals surface area contributed by atoms with E-state index in [-0.39, 0.29) is 17.8 Å². The Morgan fingerprint density at radius 2 is 1.79 bits per heavy atom. The molecule has 1 aliphatic rings. The van der Waals surface area contributed by atoms with E-state index in [0.717, 1.165) is 35.0 Å². The highest BCUT2D eigenvalue weighted by Gasteiger charge is 2.23. The van der Waals surface area contributed by atoms with Gasteiger partial charge in [-0.1, -0.05) is 15.9 Å². The Bertz CT molecular complexity index is 880. The van der Waals surface area contributed by atoms with Crippen LogP contribution in [0.3, 0.4) is 0 Å². The average molecular weight is 394 g/mol. The molecule has 1 saturated heterocycles. The zero-order chi connectivity index (χ0) is 17.3. The number of carbonyl (C=O) groups is 1. The minimum absolute atomic E-state index is 0.104. The minimum Gasteiger partial charge on any atom is -0.477 e. The number of likely N-dealkylation sites (tertiary alicyclic amines) is 1. The summed E-state index contributed by atoms with van der Waals surface area (Å²) in [7, 11) is 0. The summed E-state index contributed by atoms with van der Waals surface area (Å²) in [5.41, 5.74) is -1.18. The van der Waals surface area contributed by atoms with Gasteiger partial charge in [0.1, 0.15) is 5.69 Å². The summed E-state index contributed by atoms with van der Waals surface area (Å²) in [5, 5.41) is 9.34. The number of rotatable bonds is 4. The highest BCUT2D eigenvalue weighted by atomic mass is 79.9. The van der Waals surface area contributed by atoms with E-state index in [0.29, 0.717) is 5.69 Å². The molecule has 24 heavy (non-hydrogen) atoms. The smallest absolute Gasteiger partial charge is 0.352 e. The van der Waals surface area contributed by atoms with Gasteiger partial charge < -0.3 is 10.1 Å². The molecule has 1 aromatic heterocycles. The van der Waals surface area contributed by atoms with Gasteiger partial charge in [0.25, 0.3) is 5.56 Å². The van der Waals surface area contributed by atoms with E-state index in [2.05, 4.69) is 20.9 Å². The van der Waals surface area contributed by atoms with Crippen molar-refractivity contribution in [3.63, 3.8) is 0 Å². The number of aromatic nitrogens is 2. The highest BCUT2D eigenvalue weighted by molar-refractivity contribution is 9.10. The lowest BCUT2D eigenvalue weighted by atomic mass is 10.2. The Morgan fingerprint density at radius 1 is 1.17 bits per heavy atom. The first-order valence-electron chi connectivity index (χ1n) is 7.57. The SMILES string of the molecule is O=C(O)c1[nH]c(=O)n(-c2ccc(Br)cc2)c(=O)c1CN1CCCC1. The van der Waals surface area contributed by atoms with Crippen LogP contribution < -0.4 is 11.2 Å². The minimum atomic E-state index is -1.30. The molecule has 0 saturated carbocycles. The third kappa shape index (κ3) is 3.20. The van der Waals surface area contributed by atoms with Crippen molar-refractivity contribution in [2.45, 2.75) is 19.4 Å². The van der Waals surface area contributed by atoms with Crippen LogP contribution in [-0.4, -0.2) is 38.6 Å². The standard InChI is InChI=1S/C16H16BrN3O4/c17-10-3-5-11(6-4-10)20-14(21)12(9-19-7-1-2-8-19)13(15(22)23)18-16(20)24/h3-6H,1-2,7-9H2,(H,18,24)(H,22,23). The number of aromatic amines is 1. The zero-order valence-electron chi connectivity index (χ0n) is 12.8. The van der Waals surface area contributed by atoms with Gasteiger partial charge in [0, 0.05) is 11.0 Å². The lowest BCUT2D eigenvalue weighted by molar-refractivity contribution is 0.0687. The Kier molecular flexibility index (Phi) is 4.68. The molecule has 0 amide bonds. The molecule has 2 heterocycles. The summed E-state index contributed by atoms with van der Waals surface area (Å²) in [4.78, 5) is 40.9. The molecule has 2 aromatic rings. The molecule has 0 unspecified atom stereocenters. The number of H-pyrrole nitrogens is 1. The fourth-order valence-corrected chi connectivity index (χ4v) is 3.15. The van der Waals surface area contributed by atoms with E-state index in [1.54, 1.807) is 24.3 Å². The van der Waals surface area contributed by atoms with Gasteiger partial charge in [-0.2, -0.15) is 0 Å². The van der Waals surface area contributed by atoms with Crippen molar-refractivity contribution >= 4 is 21.9 Å². The predicted octanol–water partition coefficient (Wildman–Crippen LogP) is 1.58. The Morgan fingerprint density at radius 3 is 2.38 bits per heavy atom. The van der Waals surface area contributed by atoms with Crippen molar-refractivity contribution < 1.29 is 9.90 Å². The van der Waals surface area contributed by atoms with E-state index in [1.165, 1.54) is 0 Å². The molecule has 0 radical (unpaired) electrons. The summed E-state index contributed by atoms with van der Waals surface area (Å²) in [5.74, 6) is -1.30. The Hall–Kier alpha value is -2.19. The van der Waals surface area contributed by atoms with E-state index in [4.69, 9.17) is 0 Å². The second-order valence-corrected chi connectivity index (χ2v) is 6.60. The monoisotopic (exact) mass is 393 g/mol. The topological polar surface area (TPSA) is 95.4 Å². The van der Waals surface area contributed by atoms with Crippen LogP contribution in [0.15, 0.2) is 38.3 Å². The summed E-state index contributed by atoms with van der Waals surface area (Å²) < 4.78 is 1.79. The number of carboxylic acids is 1. The number of nitrogens with one attached hydrogen (secondary N) is 1. The van der Waals surface area contributed by atoms with Gasteiger partial charge in [0.05, 0.1) is 11.3 Å². The largest absolute Gasteiger partial charge is 0.477 e. The number of halogens is 1. The number of carboxylic acid groups (broad SMARTS) is 1. The van der Waals surface area contributed by atoms with E-state index < -0.39 is 17.2 Å². The first-order chi connectivity index (χ1) is 11.5. The molecule has 1 fully saturated rings. The summed E-state index contributed by atoms with van der Waals surface area (Å²) in [6.45, 7) is 1.85. The number of benzene rings is 1. The maximum Gasteiger partial charge on any atom is 0.352 e. The molecule has 126 valence electrons. The number of nitrogens with zero attached hydrogens (tertiary/aromatic N) is 2. The summed E-state index contributed by atoms with van der Waals surface area (Å²) in [6, 6.07) is 6.68. The second kappa shape index (κ2) is 6.74. The van der Waals surface area contributed by atoms with Crippen LogP contribution in [0.5, 0.6) is 0 Å². The Balaban J connectivity index is 2.16. The van der Waals surface area contributed by atoms with Crippen LogP contribution in [0.2, 0.25) is 0 Å². The molecule has 3 rings (SSSR count). The van der Waals surface area contributed by atoms with E-state index in [1.807, 2.05) is 4.90 Å². The summed E-state index contributed by atoms with van der Waals surface area (Å²) >= 11 is 3.30. The van der Waals surface area contributed by atoms with Crippen molar-refractivity contribution in [3.05, 3.63) is 60.8 Å². The quantitative estimate of drug-likeness (QED) is 0.821. The van der Waals surface area contributed by atoms with E-state index in [9.17, 15) is 19.5 Å². The van der Waals surface area contributed by atoms with Crippen molar-refractivity contribution in [2.75, 3.05) is 13.1 Å². The van der Waals surface area contributed by atoms with Crippen molar-refractivity contribution in [1.29, 1.82) is 0 Å². The predicted molar refractivity (Wildman–Crippen MR) is 91.8 cm³/mol. The molecular formula is C16H16BrN3O4. The molecule has 8 heteroatoms. The molecule has 0 bridgehead atoms. The fraction of sp³-hybridized carbons (Fsp3) is 0.312. The van der Waals surface area contributed by atoms with Gasteiger partial charge in [-0.15, -0.1) is 0 Å². The molecule has 2 N–H and O–H groups in total. The molecule has 0 aliphatic carbocycles. The third-order valence-electron chi connectivity index (χ3n) is 4.08. The third-order valence-corrected chi connectivity index (χ3v) is 4.61. The van der Waals surface area contributed by atoms with Gasteiger partial charge in [0.15, 0.2) is 0 Å². The van der Waals surface area contributed by atoms with Crippen LogP contribution in [-0.2, 0) is 6.54 Å². The normalized spacial score (nSPS) is 14.9. The maximum atomic E-state index is 12.8. The second-order valence-electron chi connectivity index (χ2n) is 5.69. The van der Waals surface area contributed by atoms with E-state index >= 15 is 0 Å². The number of hydrogen-bond acceptors (Lipinski definition) is 4. The lowest BCUT2D eigenvalue weighted by Crippen LogP contribution is -2.40. The van der Waals surface area contributed by atoms with Gasteiger partial charge in [-0.25, -0.2) is 14.2 Å². The summed E-state index contributed by atoms with van der Waals surface area (Å²) in [6.07, 6.45) is 2.04. The maximum absolute atomic E-state index is 12.8. The van der Waals surface area contributed by atoms with Crippen molar-refractivity contribution in [3.8, 4) is 5.69 Å². The van der Waals surface area contributed by atoms with Crippen LogP contribution in [0.4, 0.5) is 0 Å². The fourth-order valence-electron chi connectivity index (χ4n) is 2.89. The van der Waals surface area contributed by atoms with Crippen molar-refractivity contribution in [2.24, 2.45) is 0 Å². The highest BCUT2D eigenvalue weighted by Crippen LogP contribution is 2.14. The van der Waals surface area contributed by atoms with Crippen molar-refractivity contribution in [1.82, 2.24) is 14.5 Å². The van der Waals surface area contributed by atoms with Crippen LogP contribution in [0.1, 0.15) is 28.9 Å². The lowest BCUT2D eigenvalue weighted by Gasteiger charge is -2.16.